The highest BCUT2D eigenvalue weighted by atomic mass is 35.5. The third-order valence-corrected chi connectivity index (χ3v) is 5.84. The number of piperidine rings is 1. The maximum Gasteiger partial charge on any atom is 0.221 e. The van der Waals surface area contributed by atoms with Gasteiger partial charge >= 0.3 is 0 Å². The quantitative estimate of drug-likeness (QED) is 0.433. The minimum atomic E-state index is -0.187. The molecule has 2 aromatic carbocycles. The Morgan fingerprint density at radius 3 is 2.77 bits per heavy atom. The first kappa shape index (κ1) is 23.1. The van der Waals surface area contributed by atoms with Gasteiger partial charge in [-0.15, -0.1) is 0 Å². The van der Waals surface area contributed by atoms with Crippen molar-refractivity contribution < 1.29 is 4.79 Å². The fourth-order valence-electron chi connectivity index (χ4n) is 3.85. The number of likely N-dealkylation sites (tertiary alicyclic amines) is 1. The van der Waals surface area contributed by atoms with E-state index in [1.165, 1.54) is 5.56 Å². The predicted molar refractivity (Wildman–Crippen MR) is 127 cm³/mol. The molecule has 0 saturated carbocycles. The second-order valence-corrected chi connectivity index (χ2v) is 8.34. The molecular formula is C24H32ClN5O. The molecule has 1 atom stereocenters. The van der Waals surface area contributed by atoms with E-state index in [2.05, 4.69) is 39.8 Å². The van der Waals surface area contributed by atoms with Gasteiger partial charge in [0.1, 0.15) is 0 Å². The number of aliphatic imine (C=N–C) groups is 1. The van der Waals surface area contributed by atoms with Crippen molar-refractivity contribution in [1.29, 1.82) is 0 Å². The highest BCUT2D eigenvalue weighted by molar-refractivity contribution is 6.31. The topological polar surface area (TPSA) is 82.8 Å². The SMILES string of the molecule is CCNC(=NCc1cccc(CN2CCCC(C(N)=O)C2)c1)NCc1ccccc1Cl. The number of guanidine groups is 1. The van der Waals surface area contributed by atoms with Gasteiger partial charge in [-0.1, -0.05) is 54.1 Å². The summed E-state index contributed by atoms with van der Waals surface area (Å²) in [6.45, 7) is 6.59. The molecule has 1 fully saturated rings. The summed E-state index contributed by atoms with van der Waals surface area (Å²) in [5.41, 5.74) is 8.92. The van der Waals surface area contributed by atoms with Crippen LogP contribution in [0.4, 0.5) is 0 Å². The fourth-order valence-corrected chi connectivity index (χ4v) is 4.05. The van der Waals surface area contributed by atoms with E-state index in [1.54, 1.807) is 0 Å². The van der Waals surface area contributed by atoms with Crippen molar-refractivity contribution in [1.82, 2.24) is 15.5 Å². The molecule has 166 valence electrons. The predicted octanol–water partition coefficient (Wildman–Crippen LogP) is 3.29. The van der Waals surface area contributed by atoms with Crippen LogP contribution in [-0.2, 0) is 24.4 Å². The van der Waals surface area contributed by atoms with E-state index in [0.29, 0.717) is 13.1 Å². The molecule has 1 unspecified atom stereocenters. The Morgan fingerprint density at radius 2 is 2.00 bits per heavy atom. The summed E-state index contributed by atoms with van der Waals surface area (Å²) in [5.74, 6) is 0.537. The van der Waals surface area contributed by atoms with Gasteiger partial charge in [-0.05, 0) is 49.1 Å². The second-order valence-electron chi connectivity index (χ2n) is 7.94. The molecule has 1 aliphatic rings. The first-order valence-electron chi connectivity index (χ1n) is 10.9. The van der Waals surface area contributed by atoms with E-state index >= 15 is 0 Å². The zero-order valence-corrected chi connectivity index (χ0v) is 18.9. The average Bonchev–Trinajstić information content (AvgIpc) is 2.77. The molecule has 2 aromatic rings. The van der Waals surface area contributed by atoms with Gasteiger partial charge in [0.2, 0.25) is 5.91 Å². The lowest BCUT2D eigenvalue weighted by Gasteiger charge is -2.31. The number of rotatable bonds is 8. The van der Waals surface area contributed by atoms with Crippen LogP contribution in [0, 0.1) is 5.92 Å². The molecule has 31 heavy (non-hydrogen) atoms. The van der Waals surface area contributed by atoms with Crippen LogP contribution in [0.3, 0.4) is 0 Å². The normalized spacial score (nSPS) is 17.4. The number of carbonyl (C=O) groups excluding carboxylic acids is 1. The number of nitrogens with one attached hydrogen (secondary N) is 2. The standard InChI is InChI=1S/C24H32ClN5O/c1-2-27-24(29-15-20-9-3-4-11-22(20)25)28-14-18-7-5-8-19(13-18)16-30-12-6-10-21(17-30)23(26)31/h3-5,7-9,11,13,21H,2,6,10,12,14-17H2,1H3,(H2,26,31)(H2,27,28,29). The lowest BCUT2D eigenvalue weighted by molar-refractivity contribution is -0.123. The van der Waals surface area contributed by atoms with Gasteiger partial charge in [0, 0.05) is 31.2 Å². The van der Waals surface area contributed by atoms with Crippen LogP contribution >= 0.6 is 11.6 Å². The Morgan fingerprint density at radius 1 is 1.19 bits per heavy atom. The molecule has 1 heterocycles. The van der Waals surface area contributed by atoms with Crippen LogP contribution in [0.2, 0.25) is 5.02 Å². The molecule has 0 radical (unpaired) electrons. The van der Waals surface area contributed by atoms with Crippen molar-refractivity contribution in [3.63, 3.8) is 0 Å². The van der Waals surface area contributed by atoms with Gasteiger partial charge in [0.05, 0.1) is 12.5 Å². The molecule has 3 rings (SSSR count). The number of hydrogen-bond donors (Lipinski definition) is 3. The average molecular weight is 442 g/mol. The zero-order valence-electron chi connectivity index (χ0n) is 18.1. The lowest BCUT2D eigenvalue weighted by atomic mass is 9.97. The summed E-state index contributed by atoms with van der Waals surface area (Å²) in [6.07, 6.45) is 1.91. The lowest BCUT2D eigenvalue weighted by Crippen LogP contribution is -2.40. The van der Waals surface area contributed by atoms with E-state index in [4.69, 9.17) is 22.3 Å². The molecular weight excluding hydrogens is 410 g/mol. The number of amides is 1. The Balaban J connectivity index is 1.59. The Hall–Kier alpha value is -2.57. The van der Waals surface area contributed by atoms with Gasteiger partial charge in [-0.3, -0.25) is 9.69 Å². The number of hydrogen-bond acceptors (Lipinski definition) is 3. The fraction of sp³-hybridized carbons (Fsp3) is 0.417. The van der Waals surface area contributed by atoms with Crippen LogP contribution in [0.1, 0.15) is 36.5 Å². The first-order valence-corrected chi connectivity index (χ1v) is 11.3. The van der Waals surface area contributed by atoms with Gasteiger partial charge in [-0.25, -0.2) is 4.99 Å². The molecule has 1 aliphatic heterocycles. The van der Waals surface area contributed by atoms with E-state index in [-0.39, 0.29) is 11.8 Å². The van der Waals surface area contributed by atoms with Crippen LogP contribution in [0.15, 0.2) is 53.5 Å². The first-order chi connectivity index (χ1) is 15.0. The van der Waals surface area contributed by atoms with Crippen LogP contribution in [0.5, 0.6) is 0 Å². The number of nitrogens with zero attached hydrogens (tertiary/aromatic N) is 2. The molecule has 1 saturated heterocycles. The molecule has 7 heteroatoms. The van der Waals surface area contributed by atoms with Crippen molar-refractivity contribution in [2.45, 2.75) is 39.4 Å². The minimum absolute atomic E-state index is 0.0339. The number of benzene rings is 2. The summed E-state index contributed by atoms with van der Waals surface area (Å²) in [5, 5.41) is 7.37. The summed E-state index contributed by atoms with van der Waals surface area (Å²) in [6, 6.07) is 16.3. The van der Waals surface area contributed by atoms with E-state index in [9.17, 15) is 4.79 Å². The van der Waals surface area contributed by atoms with Crippen LogP contribution in [-0.4, -0.2) is 36.4 Å². The maximum atomic E-state index is 11.5. The Bertz CT molecular complexity index is 901. The zero-order chi connectivity index (χ0) is 22.1. The van der Waals surface area contributed by atoms with Crippen molar-refractivity contribution in [2.75, 3.05) is 19.6 Å². The van der Waals surface area contributed by atoms with Gasteiger partial charge in [0.25, 0.3) is 0 Å². The van der Waals surface area contributed by atoms with Crippen LogP contribution in [0.25, 0.3) is 0 Å². The number of primary amides is 1. The number of nitrogens with two attached hydrogens (primary N) is 1. The molecule has 0 spiro atoms. The largest absolute Gasteiger partial charge is 0.369 e. The molecule has 1 amide bonds. The molecule has 6 nitrogen and oxygen atoms in total. The van der Waals surface area contributed by atoms with Crippen molar-refractivity contribution >= 4 is 23.5 Å². The molecule has 0 bridgehead atoms. The van der Waals surface area contributed by atoms with Crippen LogP contribution < -0.4 is 16.4 Å². The smallest absolute Gasteiger partial charge is 0.221 e. The van der Waals surface area contributed by atoms with Crippen molar-refractivity contribution in [2.24, 2.45) is 16.6 Å². The van der Waals surface area contributed by atoms with Gasteiger partial charge in [-0.2, -0.15) is 0 Å². The molecule has 0 aromatic heterocycles. The summed E-state index contributed by atoms with van der Waals surface area (Å²) < 4.78 is 0. The Labute approximate surface area is 189 Å². The number of halogens is 1. The summed E-state index contributed by atoms with van der Waals surface area (Å²) >= 11 is 6.25. The van der Waals surface area contributed by atoms with Gasteiger partial charge in [0.15, 0.2) is 5.96 Å². The third-order valence-electron chi connectivity index (χ3n) is 5.47. The van der Waals surface area contributed by atoms with E-state index in [0.717, 1.165) is 61.1 Å². The van der Waals surface area contributed by atoms with Crippen molar-refractivity contribution in [3.8, 4) is 0 Å². The van der Waals surface area contributed by atoms with Crippen molar-refractivity contribution in [3.05, 3.63) is 70.2 Å². The highest BCUT2D eigenvalue weighted by Gasteiger charge is 2.23. The minimum Gasteiger partial charge on any atom is -0.369 e. The molecule has 0 aliphatic carbocycles. The number of carbonyl (C=O) groups is 1. The Kier molecular flexibility index (Phi) is 8.74. The van der Waals surface area contributed by atoms with Gasteiger partial charge < -0.3 is 16.4 Å². The third kappa shape index (κ3) is 7.26. The van der Waals surface area contributed by atoms with E-state index in [1.807, 2.05) is 31.2 Å². The molecule has 4 N–H and O–H groups in total. The van der Waals surface area contributed by atoms with E-state index < -0.39 is 0 Å². The highest BCUT2D eigenvalue weighted by Crippen LogP contribution is 2.19. The maximum absolute atomic E-state index is 11.5. The summed E-state index contributed by atoms with van der Waals surface area (Å²) in [4.78, 5) is 18.6. The monoisotopic (exact) mass is 441 g/mol. The second kappa shape index (κ2) is 11.7. The summed E-state index contributed by atoms with van der Waals surface area (Å²) in [7, 11) is 0.